The highest BCUT2D eigenvalue weighted by Crippen LogP contribution is 2.37. The van der Waals surface area contributed by atoms with Crippen LogP contribution in [0.3, 0.4) is 0 Å². The van der Waals surface area contributed by atoms with Crippen LogP contribution in [0.4, 0.5) is 9.18 Å². The number of amides is 2. The number of ether oxygens (including phenoxy) is 1. The number of halogens is 1. The predicted octanol–water partition coefficient (Wildman–Crippen LogP) is 4.66. The molecule has 49 heavy (non-hydrogen) atoms. The summed E-state index contributed by atoms with van der Waals surface area (Å²) in [5.74, 6) is -0.614. The van der Waals surface area contributed by atoms with Gasteiger partial charge in [-0.15, -0.1) is 0 Å². The molecule has 0 radical (unpaired) electrons. The van der Waals surface area contributed by atoms with E-state index in [1.807, 2.05) is 64.1 Å². The molecule has 0 bridgehead atoms. The van der Waals surface area contributed by atoms with Crippen LogP contribution in [0.1, 0.15) is 84.9 Å². The summed E-state index contributed by atoms with van der Waals surface area (Å²) in [4.78, 5) is 28.6. The first-order valence-corrected chi connectivity index (χ1v) is 17.2. The van der Waals surface area contributed by atoms with Crippen LogP contribution in [0.15, 0.2) is 48.5 Å². The second-order valence-corrected chi connectivity index (χ2v) is 15.5. The van der Waals surface area contributed by atoms with E-state index >= 15 is 0 Å². The molecular formula is C37H51BFN3O7. The van der Waals surface area contributed by atoms with E-state index in [1.165, 1.54) is 6.07 Å². The Morgan fingerprint density at radius 3 is 2.41 bits per heavy atom. The van der Waals surface area contributed by atoms with Gasteiger partial charge in [-0.25, -0.2) is 9.18 Å². The van der Waals surface area contributed by atoms with Crippen molar-refractivity contribution in [2.24, 2.45) is 0 Å². The van der Waals surface area contributed by atoms with E-state index in [-0.39, 0.29) is 24.8 Å². The molecule has 10 nitrogen and oxygen atoms in total. The Kier molecular flexibility index (Phi) is 10.8. The zero-order valence-corrected chi connectivity index (χ0v) is 29.8. The molecule has 3 atom stereocenters. The Morgan fingerprint density at radius 2 is 1.78 bits per heavy atom. The number of fused-ring (bicyclic) bond motifs is 1. The lowest BCUT2D eigenvalue weighted by Crippen LogP contribution is -2.46. The summed E-state index contributed by atoms with van der Waals surface area (Å²) in [6.45, 7) is 14.0. The molecule has 0 spiro atoms. The molecule has 12 heteroatoms. The van der Waals surface area contributed by atoms with Crippen LogP contribution in [0, 0.1) is 5.82 Å². The van der Waals surface area contributed by atoms with Crippen molar-refractivity contribution in [1.29, 1.82) is 0 Å². The first kappa shape index (κ1) is 36.8. The van der Waals surface area contributed by atoms with E-state index in [9.17, 15) is 24.2 Å². The molecule has 3 aromatic rings. The summed E-state index contributed by atoms with van der Waals surface area (Å²) in [5, 5.41) is 23.5. The average Bonchev–Trinajstić information content (AvgIpc) is 3.49. The van der Waals surface area contributed by atoms with Crippen LogP contribution in [0.25, 0.3) is 10.9 Å². The number of aromatic nitrogens is 1. The number of para-hydroxylation sites is 1. The highest BCUT2D eigenvalue weighted by atomic mass is 19.1. The maximum Gasteiger partial charge on any atom is 0.494 e. The third-order valence-electron chi connectivity index (χ3n) is 9.83. The molecule has 2 amide bonds. The number of carbonyl (C=O) groups is 2. The molecule has 3 heterocycles. The molecular weight excluding hydrogens is 628 g/mol. The minimum atomic E-state index is -1.05. The zero-order chi connectivity index (χ0) is 35.7. The van der Waals surface area contributed by atoms with E-state index < -0.39 is 54.6 Å². The normalized spacial score (nSPS) is 20.3. The fourth-order valence-corrected chi connectivity index (χ4v) is 6.61. The summed E-state index contributed by atoms with van der Waals surface area (Å²) in [6.07, 6.45) is 0.342. The van der Waals surface area contributed by atoms with E-state index in [0.717, 1.165) is 29.6 Å². The van der Waals surface area contributed by atoms with Crippen molar-refractivity contribution in [3.05, 3.63) is 65.6 Å². The van der Waals surface area contributed by atoms with Crippen molar-refractivity contribution in [3.63, 3.8) is 0 Å². The lowest BCUT2D eigenvalue weighted by atomic mass is 9.78. The number of hydrogen-bond acceptors (Lipinski definition) is 7. The van der Waals surface area contributed by atoms with Gasteiger partial charge in [0, 0.05) is 42.6 Å². The van der Waals surface area contributed by atoms with Gasteiger partial charge in [-0.05, 0) is 90.9 Å². The van der Waals surface area contributed by atoms with Crippen LogP contribution < -0.4 is 10.8 Å². The van der Waals surface area contributed by atoms with Gasteiger partial charge in [0.25, 0.3) is 0 Å². The van der Waals surface area contributed by atoms with E-state index in [2.05, 4.69) is 5.32 Å². The highest BCUT2D eigenvalue weighted by molar-refractivity contribution is 6.62. The first-order valence-electron chi connectivity index (χ1n) is 17.2. The van der Waals surface area contributed by atoms with Gasteiger partial charge in [0.2, 0.25) is 5.91 Å². The van der Waals surface area contributed by atoms with Crippen LogP contribution in [-0.4, -0.2) is 87.4 Å². The van der Waals surface area contributed by atoms with Crippen LogP contribution in [0.5, 0.6) is 0 Å². The van der Waals surface area contributed by atoms with Gasteiger partial charge in [0.05, 0.1) is 36.0 Å². The minimum absolute atomic E-state index is 0.0376. The van der Waals surface area contributed by atoms with Crippen LogP contribution >= 0.6 is 0 Å². The number of piperidine rings is 1. The van der Waals surface area contributed by atoms with Gasteiger partial charge in [0.15, 0.2) is 0 Å². The standard InChI is InChI=1S/C37H51BFN3O7/c1-35(2,3)47-34(46)40-28(18-24-13-15-27(16-14-24)38-48-36(4,5)37(6,7)49-38)20-32(45)41-17-9-11-26(21-41)31-19-25-10-8-12-30(39)33(25)42(31)22-29(44)23-43/h8,10,12-16,19,26,28-29,43-44H,9,11,17-18,20-23H2,1-7H3,(H,40,46)/t26?,28-,29-/m1/s1. The lowest BCUT2D eigenvalue weighted by Gasteiger charge is -2.34. The van der Waals surface area contributed by atoms with E-state index in [1.54, 1.807) is 36.3 Å². The van der Waals surface area contributed by atoms with Crippen molar-refractivity contribution < 1.29 is 38.2 Å². The largest absolute Gasteiger partial charge is 0.494 e. The zero-order valence-electron chi connectivity index (χ0n) is 29.8. The van der Waals surface area contributed by atoms with Crippen molar-refractivity contribution >= 4 is 35.5 Å². The van der Waals surface area contributed by atoms with Crippen molar-refractivity contribution in [2.45, 2.75) is 116 Å². The second-order valence-electron chi connectivity index (χ2n) is 15.5. The van der Waals surface area contributed by atoms with Crippen LogP contribution in [-0.2, 0) is 31.8 Å². The monoisotopic (exact) mass is 679 g/mol. The number of hydrogen-bond donors (Lipinski definition) is 3. The van der Waals surface area contributed by atoms with Crippen LogP contribution in [0.2, 0.25) is 0 Å². The SMILES string of the molecule is CC(C)(C)OC(=O)N[C@@H](CC(=O)N1CCCC(c2cc3cccc(F)c3n2C[C@@H](O)CO)C1)Cc1ccc(B2OC(C)(C)C(C)(C)O2)cc1. The molecule has 2 aliphatic heterocycles. The topological polar surface area (TPSA) is 122 Å². The van der Waals surface area contributed by atoms with Gasteiger partial charge in [-0.1, -0.05) is 36.4 Å². The third-order valence-corrected chi connectivity index (χ3v) is 9.83. The molecule has 1 unspecified atom stereocenters. The number of nitrogens with zero attached hydrogens (tertiary/aromatic N) is 2. The van der Waals surface area contributed by atoms with Crippen molar-refractivity contribution in [2.75, 3.05) is 19.7 Å². The number of likely N-dealkylation sites (tertiary alicyclic amines) is 1. The molecule has 0 saturated carbocycles. The fourth-order valence-electron chi connectivity index (χ4n) is 6.61. The first-order chi connectivity index (χ1) is 23.0. The number of aliphatic hydroxyl groups is 2. The lowest BCUT2D eigenvalue weighted by molar-refractivity contribution is -0.132. The quantitative estimate of drug-likeness (QED) is 0.267. The van der Waals surface area contributed by atoms with Crippen molar-refractivity contribution in [1.82, 2.24) is 14.8 Å². The summed E-state index contributed by atoms with van der Waals surface area (Å²) < 4.78 is 34.7. The summed E-state index contributed by atoms with van der Waals surface area (Å²) in [7, 11) is -0.495. The maximum absolute atomic E-state index is 15.0. The Hall–Kier alpha value is -3.45. The molecule has 5 rings (SSSR count). The van der Waals surface area contributed by atoms with Gasteiger partial charge >= 0.3 is 13.2 Å². The molecule has 2 aromatic carbocycles. The molecule has 2 aliphatic rings. The average molecular weight is 680 g/mol. The summed E-state index contributed by atoms with van der Waals surface area (Å²) >= 11 is 0. The molecule has 1 aromatic heterocycles. The number of nitrogens with one attached hydrogen (secondary N) is 1. The minimum Gasteiger partial charge on any atom is -0.444 e. The number of alkyl carbamates (subject to hydrolysis) is 1. The van der Waals surface area contributed by atoms with Gasteiger partial charge in [-0.3, -0.25) is 4.79 Å². The molecule has 0 aliphatic carbocycles. The molecule has 266 valence electrons. The van der Waals surface area contributed by atoms with Gasteiger partial charge in [-0.2, -0.15) is 0 Å². The summed E-state index contributed by atoms with van der Waals surface area (Å²) in [6, 6.07) is 14.1. The Bertz CT molecular complexity index is 1620. The number of aliphatic hydroxyl groups excluding tert-OH is 2. The number of carbonyl (C=O) groups excluding carboxylic acids is 2. The fraction of sp³-hybridized carbons (Fsp3) is 0.568. The van der Waals surface area contributed by atoms with E-state index in [0.29, 0.717) is 30.4 Å². The predicted molar refractivity (Wildman–Crippen MR) is 187 cm³/mol. The third kappa shape index (κ3) is 8.65. The molecule has 3 N–H and O–H groups in total. The summed E-state index contributed by atoms with van der Waals surface area (Å²) in [5.41, 5.74) is 1.39. The number of benzene rings is 2. The second kappa shape index (κ2) is 14.4. The molecule has 2 saturated heterocycles. The molecule has 2 fully saturated rings. The number of rotatable bonds is 10. The smallest absolute Gasteiger partial charge is 0.444 e. The Labute approximate surface area is 289 Å². The van der Waals surface area contributed by atoms with Crippen molar-refractivity contribution in [3.8, 4) is 0 Å². The Balaban J connectivity index is 1.32. The van der Waals surface area contributed by atoms with Gasteiger partial charge in [0.1, 0.15) is 11.4 Å². The maximum atomic E-state index is 15.0. The van der Waals surface area contributed by atoms with E-state index in [4.69, 9.17) is 14.0 Å². The Morgan fingerprint density at radius 1 is 1.10 bits per heavy atom. The van der Waals surface area contributed by atoms with Gasteiger partial charge < -0.3 is 39.0 Å². The highest BCUT2D eigenvalue weighted by Gasteiger charge is 2.51.